The molecule has 1 amide bonds. The van der Waals surface area contributed by atoms with Crippen molar-refractivity contribution in [2.75, 3.05) is 26.2 Å². The maximum absolute atomic E-state index is 11.9. The molecule has 1 aliphatic heterocycles. The zero-order chi connectivity index (χ0) is 14.5. The van der Waals surface area contributed by atoms with Crippen molar-refractivity contribution in [3.63, 3.8) is 0 Å². The lowest BCUT2D eigenvalue weighted by Gasteiger charge is -2.32. The number of hydrogen-bond acceptors (Lipinski definition) is 4. The minimum Gasteiger partial charge on any atom is -0.466 e. The molecule has 0 aliphatic carbocycles. The highest BCUT2D eigenvalue weighted by Crippen LogP contribution is 2.17. The molecule has 1 heterocycles. The number of carbonyl (C=O) groups excluding carboxylic acids is 2. The number of rotatable bonds is 4. The normalized spacial score (nSPS) is 20.9. The molecule has 0 aromatic heterocycles. The van der Waals surface area contributed by atoms with E-state index in [9.17, 15) is 9.59 Å². The molecule has 0 spiro atoms. The second-order valence-electron chi connectivity index (χ2n) is 6.12. The first-order valence-corrected chi connectivity index (χ1v) is 7.02. The van der Waals surface area contributed by atoms with Gasteiger partial charge in [-0.3, -0.25) is 14.5 Å². The van der Waals surface area contributed by atoms with E-state index in [0.717, 1.165) is 19.4 Å². The standard InChI is InChI=1S/C14H26N2O3/c1-5-19-13(18)11-7-6-8-16(9-11)10-12(17)15-14(2,3)4/h11H,5-10H2,1-4H3,(H,15,17)/t11-/m1/s1. The smallest absolute Gasteiger partial charge is 0.310 e. The van der Waals surface area contributed by atoms with E-state index in [2.05, 4.69) is 5.32 Å². The number of likely N-dealkylation sites (tertiary alicyclic amines) is 1. The summed E-state index contributed by atoms with van der Waals surface area (Å²) in [5.74, 6) is -0.212. The molecule has 1 aliphatic rings. The molecule has 1 saturated heterocycles. The Labute approximate surface area is 115 Å². The molecule has 0 saturated carbocycles. The van der Waals surface area contributed by atoms with Crippen LogP contribution in [0.3, 0.4) is 0 Å². The second-order valence-corrected chi connectivity index (χ2v) is 6.12. The molecule has 1 N–H and O–H groups in total. The molecular formula is C14H26N2O3. The SMILES string of the molecule is CCOC(=O)[C@@H]1CCCN(CC(=O)NC(C)(C)C)C1. The third-order valence-electron chi connectivity index (χ3n) is 3.01. The lowest BCUT2D eigenvalue weighted by molar-refractivity contribution is -0.150. The third-order valence-corrected chi connectivity index (χ3v) is 3.01. The Bertz CT molecular complexity index is 323. The van der Waals surface area contributed by atoms with E-state index in [1.165, 1.54) is 0 Å². The molecule has 0 unspecified atom stereocenters. The number of ether oxygens (including phenoxy) is 1. The fourth-order valence-corrected chi connectivity index (χ4v) is 2.31. The zero-order valence-corrected chi connectivity index (χ0v) is 12.5. The van der Waals surface area contributed by atoms with Crippen LogP contribution in [0.2, 0.25) is 0 Å². The minimum absolute atomic E-state index is 0.0111. The van der Waals surface area contributed by atoms with Gasteiger partial charge in [-0.25, -0.2) is 0 Å². The Balaban J connectivity index is 2.42. The quantitative estimate of drug-likeness (QED) is 0.779. The van der Waals surface area contributed by atoms with Crippen LogP contribution >= 0.6 is 0 Å². The summed E-state index contributed by atoms with van der Waals surface area (Å²) < 4.78 is 5.05. The molecule has 5 nitrogen and oxygen atoms in total. The van der Waals surface area contributed by atoms with Crippen LogP contribution in [0.4, 0.5) is 0 Å². The van der Waals surface area contributed by atoms with Crippen molar-refractivity contribution in [3.8, 4) is 0 Å². The molecule has 1 atom stereocenters. The lowest BCUT2D eigenvalue weighted by Crippen LogP contribution is -2.48. The lowest BCUT2D eigenvalue weighted by atomic mass is 9.98. The number of nitrogens with one attached hydrogen (secondary N) is 1. The van der Waals surface area contributed by atoms with E-state index in [1.54, 1.807) is 0 Å². The second kappa shape index (κ2) is 6.89. The van der Waals surface area contributed by atoms with Gasteiger partial charge in [0.1, 0.15) is 0 Å². The summed E-state index contributed by atoms with van der Waals surface area (Å²) >= 11 is 0. The highest BCUT2D eigenvalue weighted by atomic mass is 16.5. The van der Waals surface area contributed by atoms with Crippen LogP contribution in [0.1, 0.15) is 40.5 Å². The molecule has 1 fully saturated rings. The van der Waals surface area contributed by atoms with Gasteiger partial charge in [0.05, 0.1) is 19.1 Å². The Kier molecular flexibility index (Phi) is 5.79. The van der Waals surface area contributed by atoms with Crippen LogP contribution in [0.25, 0.3) is 0 Å². The van der Waals surface area contributed by atoms with Crippen molar-refractivity contribution in [1.29, 1.82) is 0 Å². The Hall–Kier alpha value is -1.10. The van der Waals surface area contributed by atoms with Crippen molar-refractivity contribution in [1.82, 2.24) is 10.2 Å². The molecule has 0 aromatic carbocycles. The van der Waals surface area contributed by atoms with Crippen molar-refractivity contribution < 1.29 is 14.3 Å². The van der Waals surface area contributed by atoms with E-state index in [-0.39, 0.29) is 23.3 Å². The van der Waals surface area contributed by atoms with E-state index >= 15 is 0 Å². The summed E-state index contributed by atoms with van der Waals surface area (Å²) in [7, 11) is 0. The van der Waals surface area contributed by atoms with Crippen molar-refractivity contribution in [2.24, 2.45) is 5.92 Å². The van der Waals surface area contributed by atoms with Gasteiger partial charge in [0.15, 0.2) is 0 Å². The van der Waals surface area contributed by atoms with E-state index in [0.29, 0.717) is 19.7 Å². The molecule has 110 valence electrons. The van der Waals surface area contributed by atoms with Gasteiger partial charge < -0.3 is 10.1 Å². The van der Waals surface area contributed by atoms with Crippen LogP contribution in [0.5, 0.6) is 0 Å². The maximum atomic E-state index is 11.9. The molecule has 5 heteroatoms. The highest BCUT2D eigenvalue weighted by molar-refractivity contribution is 5.79. The van der Waals surface area contributed by atoms with E-state index in [4.69, 9.17) is 4.74 Å². The zero-order valence-electron chi connectivity index (χ0n) is 12.5. The summed E-state index contributed by atoms with van der Waals surface area (Å²) in [4.78, 5) is 25.6. The van der Waals surface area contributed by atoms with Gasteiger partial charge in [-0.15, -0.1) is 0 Å². The maximum Gasteiger partial charge on any atom is 0.310 e. The van der Waals surface area contributed by atoms with Crippen LogP contribution in [-0.4, -0.2) is 48.6 Å². The van der Waals surface area contributed by atoms with Gasteiger partial charge in [0.2, 0.25) is 5.91 Å². The molecule has 0 radical (unpaired) electrons. The summed E-state index contributed by atoms with van der Waals surface area (Å²) in [6.07, 6.45) is 1.79. The summed E-state index contributed by atoms with van der Waals surface area (Å²) in [5, 5.41) is 2.94. The van der Waals surface area contributed by atoms with Gasteiger partial charge in [-0.2, -0.15) is 0 Å². The number of nitrogens with zero attached hydrogens (tertiary/aromatic N) is 1. The highest BCUT2D eigenvalue weighted by Gasteiger charge is 2.28. The Morgan fingerprint density at radius 3 is 2.63 bits per heavy atom. The topological polar surface area (TPSA) is 58.6 Å². The average molecular weight is 270 g/mol. The first-order chi connectivity index (χ1) is 8.81. The fraction of sp³-hybridized carbons (Fsp3) is 0.857. The Morgan fingerprint density at radius 2 is 2.05 bits per heavy atom. The number of piperidine rings is 1. The number of esters is 1. The fourth-order valence-electron chi connectivity index (χ4n) is 2.31. The first-order valence-electron chi connectivity index (χ1n) is 7.02. The Morgan fingerprint density at radius 1 is 1.37 bits per heavy atom. The van der Waals surface area contributed by atoms with Gasteiger partial charge in [-0.1, -0.05) is 0 Å². The molecule has 0 bridgehead atoms. The van der Waals surface area contributed by atoms with Gasteiger partial charge in [-0.05, 0) is 47.1 Å². The minimum atomic E-state index is -0.215. The van der Waals surface area contributed by atoms with Crippen LogP contribution < -0.4 is 5.32 Å². The predicted molar refractivity (Wildman–Crippen MR) is 73.7 cm³/mol. The van der Waals surface area contributed by atoms with E-state index in [1.807, 2.05) is 32.6 Å². The molecule has 0 aromatic rings. The van der Waals surface area contributed by atoms with Crippen molar-refractivity contribution in [3.05, 3.63) is 0 Å². The summed E-state index contributed by atoms with van der Waals surface area (Å²) in [6.45, 7) is 9.96. The monoisotopic (exact) mass is 270 g/mol. The molecular weight excluding hydrogens is 244 g/mol. The molecule has 19 heavy (non-hydrogen) atoms. The van der Waals surface area contributed by atoms with Crippen LogP contribution in [0.15, 0.2) is 0 Å². The first kappa shape index (κ1) is 16.0. The van der Waals surface area contributed by atoms with Crippen molar-refractivity contribution in [2.45, 2.75) is 46.1 Å². The van der Waals surface area contributed by atoms with E-state index < -0.39 is 0 Å². The average Bonchev–Trinajstić information content (AvgIpc) is 2.27. The number of hydrogen-bond donors (Lipinski definition) is 1. The van der Waals surface area contributed by atoms with Gasteiger partial charge in [0, 0.05) is 12.1 Å². The summed E-state index contributed by atoms with van der Waals surface area (Å²) in [6, 6.07) is 0. The number of amides is 1. The number of carbonyl (C=O) groups is 2. The van der Waals surface area contributed by atoms with Gasteiger partial charge in [0.25, 0.3) is 0 Å². The largest absolute Gasteiger partial charge is 0.466 e. The van der Waals surface area contributed by atoms with Crippen LogP contribution in [-0.2, 0) is 14.3 Å². The predicted octanol–water partition coefficient (Wildman–Crippen LogP) is 1.18. The van der Waals surface area contributed by atoms with Gasteiger partial charge >= 0.3 is 5.97 Å². The van der Waals surface area contributed by atoms with Crippen LogP contribution in [0, 0.1) is 5.92 Å². The summed E-state index contributed by atoms with van der Waals surface area (Å²) in [5.41, 5.74) is -0.215. The third kappa shape index (κ3) is 6.05. The van der Waals surface area contributed by atoms with Crippen molar-refractivity contribution >= 4 is 11.9 Å². The molecule has 1 rings (SSSR count).